The predicted molar refractivity (Wildman–Crippen MR) is 84.7 cm³/mol. The molecular weight excluding hydrogens is 309 g/mol. The number of ether oxygens (including phenoxy) is 1. The standard InChI is InChI=1S/C16H13Cl2NO2/c17-8-7-16(20)19-13-4-2-1-3-11(13)10-21-15-6-5-12(18)9-14(15)19/h1-6,9H,7-8,10H2. The number of anilines is 2. The Morgan fingerprint density at radius 3 is 2.81 bits per heavy atom. The number of carbonyl (C=O) groups excluding carboxylic acids is 1. The summed E-state index contributed by atoms with van der Waals surface area (Å²) in [7, 11) is 0. The minimum absolute atomic E-state index is 0.0773. The molecule has 1 amide bonds. The first-order valence-electron chi connectivity index (χ1n) is 6.60. The number of alkyl halides is 1. The molecule has 0 atom stereocenters. The fraction of sp³-hybridized carbons (Fsp3) is 0.188. The molecule has 0 saturated carbocycles. The molecule has 3 rings (SSSR count). The summed E-state index contributed by atoms with van der Waals surface area (Å²) >= 11 is 11.8. The molecular formula is C16H13Cl2NO2. The summed E-state index contributed by atoms with van der Waals surface area (Å²) in [6.07, 6.45) is 0.252. The van der Waals surface area contributed by atoms with Crippen LogP contribution in [0.3, 0.4) is 0 Å². The Hall–Kier alpha value is -1.71. The number of para-hydroxylation sites is 1. The molecule has 2 aromatic carbocycles. The summed E-state index contributed by atoms with van der Waals surface area (Å²) in [5, 5.41) is 0.556. The van der Waals surface area contributed by atoms with Gasteiger partial charge in [-0.15, -0.1) is 11.6 Å². The van der Waals surface area contributed by atoms with Crippen LogP contribution in [0.1, 0.15) is 12.0 Å². The van der Waals surface area contributed by atoms with E-state index < -0.39 is 0 Å². The van der Waals surface area contributed by atoms with Crippen molar-refractivity contribution in [2.75, 3.05) is 10.8 Å². The lowest BCUT2D eigenvalue weighted by molar-refractivity contribution is -0.117. The van der Waals surface area contributed by atoms with Crippen LogP contribution in [-0.4, -0.2) is 11.8 Å². The molecule has 0 spiro atoms. The van der Waals surface area contributed by atoms with Crippen molar-refractivity contribution in [2.45, 2.75) is 13.0 Å². The lowest BCUT2D eigenvalue weighted by atomic mass is 10.1. The summed E-state index contributed by atoms with van der Waals surface area (Å²) in [5.74, 6) is 0.832. The second-order valence-corrected chi connectivity index (χ2v) is 5.51. The van der Waals surface area contributed by atoms with Crippen molar-refractivity contribution >= 4 is 40.5 Å². The summed E-state index contributed by atoms with van der Waals surface area (Å²) in [5.41, 5.74) is 2.42. The van der Waals surface area contributed by atoms with Gasteiger partial charge in [-0.05, 0) is 24.3 Å². The van der Waals surface area contributed by atoms with E-state index in [-0.39, 0.29) is 18.2 Å². The van der Waals surface area contributed by atoms with Gasteiger partial charge in [0.25, 0.3) is 0 Å². The summed E-state index contributed by atoms with van der Waals surface area (Å²) in [4.78, 5) is 14.2. The van der Waals surface area contributed by atoms with Crippen molar-refractivity contribution in [1.29, 1.82) is 0 Å². The zero-order chi connectivity index (χ0) is 14.8. The van der Waals surface area contributed by atoms with Crippen molar-refractivity contribution in [1.82, 2.24) is 0 Å². The van der Waals surface area contributed by atoms with Gasteiger partial charge in [0.1, 0.15) is 12.4 Å². The predicted octanol–water partition coefficient (Wildman–Crippen LogP) is 4.53. The Labute approximate surface area is 133 Å². The zero-order valence-electron chi connectivity index (χ0n) is 11.2. The summed E-state index contributed by atoms with van der Waals surface area (Å²) in [6.45, 7) is 0.412. The minimum atomic E-state index is -0.0773. The van der Waals surface area contributed by atoms with E-state index in [4.69, 9.17) is 27.9 Å². The van der Waals surface area contributed by atoms with Crippen LogP contribution in [0.5, 0.6) is 5.75 Å². The molecule has 108 valence electrons. The first-order valence-corrected chi connectivity index (χ1v) is 7.51. The van der Waals surface area contributed by atoms with Crippen molar-refractivity contribution < 1.29 is 9.53 Å². The molecule has 0 aromatic heterocycles. The molecule has 0 N–H and O–H groups in total. The highest BCUT2D eigenvalue weighted by atomic mass is 35.5. The van der Waals surface area contributed by atoms with Gasteiger partial charge < -0.3 is 4.74 Å². The molecule has 0 fully saturated rings. The third-order valence-corrected chi connectivity index (χ3v) is 3.76. The third-order valence-electron chi connectivity index (χ3n) is 3.34. The van der Waals surface area contributed by atoms with E-state index >= 15 is 0 Å². The average molecular weight is 322 g/mol. The van der Waals surface area contributed by atoms with E-state index in [9.17, 15) is 4.79 Å². The van der Waals surface area contributed by atoms with Gasteiger partial charge in [-0.25, -0.2) is 0 Å². The van der Waals surface area contributed by atoms with Crippen LogP contribution in [-0.2, 0) is 11.4 Å². The largest absolute Gasteiger partial charge is 0.487 e. The van der Waals surface area contributed by atoms with Gasteiger partial charge in [0.05, 0.1) is 11.4 Å². The molecule has 5 heteroatoms. The highest BCUT2D eigenvalue weighted by Crippen LogP contribution is 2.41. The van der Waals surface area contributed by atoms with Crippen LogP contribution in [0.25, 0.3) is 0 Å². The molecule has 1 aliphatic heterocycles. The second kappa shape index (κ2) is 5.96. The van der Waals surface area contributed by atoms with Gasteiger partial charge in [0.2, 0.25) is 5.91 Å². The van der Waals surface area contributed by atoms with Crippen molar-refractivity contribution in [2.24, 2.45) is 0 Å². The average Bonchev–Trinajstić information content (AvgIpc) is 2.63. The monoisotopic (exact) mass is 321 g/mol. The van der Waals surface area contributed by atoms with Gasteiger partial charge in [0.15, 0.2) is 0 Å². The molecule has 2 aromatic rings. The second-order valence-electron chi connectivity index (χ2n) is 4.70. The van der Waals surface area contributed by atoms with Crippen molar-refractivity contribution in [3.8, 4) is 5.75 Å². The van der Waals surface area contributed by atoms with Gasteiger partial charge in [-0.2, -0.15) is 0 Å². The van der Waals surface area contributed by atoms with E-state index in [1.165, 1.54) is 0 Å². The molecule has 1 heterocycles. The molecule has 3 nitrogen and oxygen atoms in total. The number of benzene rings is 2. The van der Waals surface area contributed by atoms with E-state index in [1.807, 2.05) is 24.3 Å². The molecule has 0 aliphatic carbocycles. The van der Waals surface area contributed by atoms with E-state index in [0.29, 0.717) is 23.1 Å². The Balaban J connectivity index is 2.19. The number of carbonyl (C=O) groups is 1. The van der Waals surface area contributed by atoms with Crippen LogP contribution in [0.4, 0.5) is 11.4 Å². The number of nitrogens with zero attached hydrogens (tertiary/aromatic N) is 1. The number of rotatable bonds is 2. The summed E-state index contributed by atoms with van der Waals surface area (Å²) < 4.78 is 5.80. The number of fused-ring (bicyclic) bond motifs is 2. The fourth-order valence-electron chi connectivity index (χ4n) is 2.38. The highest BCUT2D eigenvalue weighted by molar-refractivity contribution is 6.31. The molecule has 21 heavy (non-hydrogen) atoms. The Kier molecular flexibility index (Phi) is 4.04. The van der Waals surface area contributed by atoms with Crippen LogP contribution >= 0.6 is 23.2 Å². The number of hydrogen-bond acceptors (Lipinski definition) is 2. The topological polar surface area (TPSA) is 29.5 Å². The molecule has 0 radical (unpaired) electrons. The molecule has 0 bridgehead atoms. The maximum atomic E-state index is 12.5. The Morgan fingerprint density at radius 1 is 1.19 bits per heavy atom. The quantitative estimate of drug-likeness (QED) is 0.761. The Bertz CT molecular complexity index is 688. The van der Waals surface area contributed by atoms with Gasteiger partial charge in [-0.3, -0.25) is 9.69 Å². The molecule has 0 unspecified atom stereocenters. The zero-order valence-corrected chi connectivity index (χ0v) is 12.7. The van der Waals surface area contributed by atoms with E-state index in [0.717, 1.165) is 11.3 Å². The van der Waals surface area contributed by atoms with Crippen molar-refractivity contribution in [3.63, 3.8) is 0 Å². The van der Waals surface area contributed by atoms with Crippen LogP contribution < -0.4 is 9.64 Å². The summed E-state index contributed by atoms with van der Waals surface area (Å²) in [6, 6.07) is 12.9. The number of amides is 1. The lowest BCUT2D eigenvalue weighted by Crippen LogP contribution is -2.26. The number of halogens is 2. The first kappa shape index (κ1) is 14.2. The van der Waals surface area contributed by atoms with Crippen LogP contribution in [0.15, 0.2) is 42.5 Å². The SMILES string of the molecule is O=C(CCCl)N1c2ccccc2COc2ccc(Cl)cc21. The van der Waals surface area contributed by atoms with Gasteiger partial charge in [-0.1, -0.05) is 29.8 Å². The maximum Gasteiger partial charge on any atom is 0.232 e. The Morgan fingerprint density at radius 2 is 2.00 bits per heavy atom. The normalized spacial score (nSPS) is 13.0. The van der Waals surface area contributed by atoms with Gasteiger partial charge >= 0.3 is 0 Å². The third kappa shape index (κ3) is 2.71. The molecule has 1 aliphatic rings. The van der Waals surface area contributed by atoms with Crippen LogP contribution in [0.2, 0.25) is 5.02 Å². The van der Waals surface area contributed by atoms with Crippen LogP contribution in [0, 0.1) is 0 Å². The fourth-order valence-corrected chi connectivity index (χ4v) is 2.71. The van der Waals surface area contributed by atoms with Crippen molar-refractivity contribution in [3.05, 3.63) is 53.1 Å². The first-order chi connectivity index (χ1) is 10.2. The van der Waals surface area contributed by atoms with E-state index in [1.54, 1.807) is 23.1 Å². The lowest BCUT2D eigenvalue weighted by Gasteiger charge is -2.23. The van der Waals surface area contributed by atoms with Gasteiger partial charge in [0, 0.05) is 22.9 Å². The molecule has 0 saturated heterocycles. The minimum Gasteiger partial charge on any atom is -0.487 e. The van der Waals surface area contributed by atoms with E-state index in [2.05, 4.69) is 0 Å². The highest BCUT2D eigenvalue weighted by Gasteiger charge is 2.26. The number of hydrogen-bond donors (Lipinski definition) is 0. The smallest absolute Gasteiger partial charge is 0.232 e. The maximum absolute atomic E-state index is 12.5.